The predicted molar refractivity (Wildman–Crippen MR) is 110 cm³/mol. The van der Waals surface area contributed by atoms with Gasteiger partial charge in [-0.1, -0.05) is 24.3 Å². The van der Waals surface area contributed by atoms with Crippen LogP contribution in [-0.4, -0.2) is 19.9 Å². The fourth-order valence-electron chi connectivity index (χ4n) is 4.05. The van der Waals surface area contributed by atoms with Crippen LogP contribution in [0.25, 0.3) is 22.8 Å². The smallest absolute Gasteiger partial charge is 0.0920 e. The summed E-state index contributed by atoms with van der Waals surface area (Å²) in [6, 6.07) is 20.4. The molecule has 0 unspecified atom stereocenters. The summed E-state index contributed by atoms with van der Waals surface area (Å²) in [6.07, 6.45) is 9.54. The molecule has 0 atom stereocenters. The van der Waals surface area contributed by atoms with Crippen LogP contribution in [0.3, 0.4) is 0 Å². The minimum Gasteiger partial charge on any atom is -0.255 e. The molecule has 0 saturated heterocycles. The third-order valence-corrected chi connectivity index (χ3v) is 5.51. The highest BCUT2D eigenvalue weighted by Crippen LogP contribution is 2.50. The Bertz CT molecular complexity index is 987. The first kappa shape index (κ1) is 16.8. The van der Waals surface area contributed by atoms with Gasteiger partial charge in [0, 0.05) is 24.8 Å². The molecule has 1 saturated carbocycles. The SMILES string of the molecule is c1ccc(-c2ncccc2C2CC(c3cccnc3-c3ccccn3)C2)nc1. The molecule has 4 aromatic heterocycles. The van der Waals surface area contributed by atoms with Gasteiger partial charge in [0.2, 0.25) is 0 Å². The van der Waals surface area contributed by atoms with Gasteiger partial charge in [-0.2, -0.15) is 0 Å². The van der Waals surface area contributed by atoms with E-state index in [1.165, 1.54) is 11.1 Å². The van der Waals surface area contributed by atoms with Gasteiger partial charge in [0.1, 0.15) is 0 Å². The lowest BCUT2D eigenvalue weighted by molar-refractivity contribution is 0.351. The number of nitrogens with zero attached hydrogens (tertiary/aromatic N) is 4. The van der Waals surface area contributed by atoms with Gasteiger partial charge < -0.3 is 0 Å². The second kappa shape index (κ2) is 7.31. The van der Waals surface area contributed by atoms with E-state index in [0.29, 0.717) is 11.8 Å². The zero-order valence-electron chi connectivity index (χ0n) is 15.4. The number of hydrogen-bond donors (Lipinski definition) is 0. The van der Waals surface area contributed by atoms with Gasteiger partial charge in [0.05, 0.1) is 22.8 Å². The molecule has 0 radical (unpaired) electrons. The minimum absolute atomic E-state index is 0.493. The van der Waals surface area contributed by atoms with Crippen LogP contribution in [0.5, 0.6) is 0 Å². The molecule has 5 rings (SSSR count). The maximum Gasteiger partial charge on any atom is 0.0920 e. The van der Waals surface area contributed by atoms with E-state index < -0.39 is 0 Å². The third-order valence-electron chi connectivity index (χ3n) is 5.51. The first-order valence-corrected chi connectivity index (χ1v) is 9.63. The summed E-state index contributed by atoms with van der Waals surface area (Å²) in [5.41, 5.74) is 6.47. The van der Waals surface area contributed by atoms with Crippen LogP contribution in [0.2, 0.25) is 0 Å². The van der Waals surface area contributed by atoms with E-state index in [1.54, 1.807) is 0 Å². The van der Waals surface area contributed by atoms with Crippen LogP contribution in [0.15, 0.2) is 85.5 Å². The Labute approximate surface area is 164 Å². The van der Waals surface area contributed by atoms with E-state index >= 15 is 0 Å². The molecular formula is C24H20N4. The fourth-order valence-corrected chi connectivity index (χ4v) is 4.05. The van der Waals surface area contributed by atoms with Crippen molar-refractivity contribution in [1.82, 2.24) is 19.9 Å². The molecule has 0 amide bonds. The van der Waals surface area contributed by atoms with Crippen molar-refractivity contribution in [2.24, 2.45) is 0 Å². The van der Waals surface area contributed by atoms with Gasteiger partial charge in [-0.3, -0.25) is 19.9 Å². The lowest BCUT2D eigenvalue weighted by Gasteiger charge is -2.37. The van der Waals surface area contributed by atoms with Crippen LogP contribution in [-0.2, 0) is 0 Å². The Morgan fingerprint density at radius 3 is 1.39 bits per heavy atom. The molecule has 28 heavy (non-hydrogen) atoms. The second-order valence-electron chi connectivity index (χ2n) is 7.18. The van der Waals surface area contributed by atoms with E-state index in [4.69, 9.17) is 0 Å². The van der Waals surface area contributed by atoms with E-state index in [0.717, 1.165) is 35.6 Å². The van der Waals surface area contributed by atoms with Crippen LogP contribution in [0.1, 0.15) is 35.8 Å². The third kappa shape index (κ3) is 3.07. The Morgan fingerprint density at radius 2 is 0.964 bits per heavy atom. The van der Waals surface area contributed by atoms with Crippen LogP contribution in [0, 0.1) is 0 Å². The molecule has 4 aromatic rings. The Hall–Kier alpha value is -3.40. The lowest BCUT2D eigenvalue weighted by atomic mass is 9.67. The van der Waals surface area contributed by atoms with Crippen molar-refractivity contribution >= 4 is 0 Å². The van der Waals surface area contributed by atoms with Gasteiger partial charge in [0.25, 0.3) is 0 Å². The zero-order chi connectivity index (χ0) is 18.8. The lowest BCUT2D eigenvalue weighted by Crippen LogP contribution is -2.22. The van der Waals surface area contributed by atoms with Crippen LogP contribution in [0.4, 0.5) is 0 Å². The van der Waals surface area contributed by atoms with Crippen molar-refractivity contribution in [1.29, 1.82) is 0 Å². The Morgan fingerprint density at radius 1 is 0.500 bits per heavy atom. The molecular weight excluding hydrogens is 344 g/mol. The number of pyridine rings is 4. The number of aromatic nitrogens is 4. The Kier molecular flexibility index (Phi) is 4.37. The molecule has 0 bridgehead atoms. The number of rotatable bonds is 4. The summed E-state index contributed by atoms with van der Waals surface area (Å²) in [4.78, 5) is 18.3. The van der Waals surface area contributed by atoms with Gasteiger partial charge in [-0.05, 0) is 72.2 Å². The fraction of sp³-hybridized carbons (Fsp3) is 0.167. The molecule has 1 aliphatic carbocycles. The summed E-state index contributed by atoms with van der Waals surface area (Å²) >= 11 is 0. The average Bonchev–Trinajstić information content (AvgIpc) is 2.75. The van der Waals surface area contributed by atoms with Crippen molar-refractivity contribution in [2.45, 2.75) is 24.7 Å². The maximum absolute atomic E-state index is 4.63. The highest BCUT2D eigenvalue weighted by atomic mass is 14.8. The van der Waals surface area contributed by atoms with Crippen LogP contribution < -0.4 is 0 Å². The summed E-state index contributed by atoms with van der Waals surface area (Å²) in [5.74, 6) is 0.986. The molecule has 136 valence electrons. The first-order chi connectivity index (χ1) is 13.9. The highest BCUT2D eigenvalue weighted by molar-refractivity contribution is 5.62. The first-order valence-electron chi connectivity index (χ1n) is 9.63. The van der Waals surface area contributed by atoms with E-state index in [1.807, 2.05) is 73.3 Å². The van der Waals surface area contributed by atoms with Gasteiger partial charge >= 0.3 is 0 Å². The summed E-state index contributed by atoms with van der Waals surface area (Å²) in [6.45, 7) is 0. The molecule has 1 aliphatic rings. The van der Waals surface area contributed by atoms with E-state index in [2.05, 4.69) is 32.1 Å². The molecule has 0 aliphatic heterocycles. The molecule has 4 heteroatoms. The molecule has 4 heterocycles. The highest BCUT2D eigenvalue weighted by Gasteiger charge is 2.35. The maximum atomic E-state index is 4.63. The van der Waals surface area contributed by atoms with E-state index in [9.17, 15) is 0 Å². The summed E-state index contributed by atoms with van der Waals surface area (Å²) in [7, 11) is 0. The Balaban J connectivity index is 1.42. The standard InChI is InChI=1S/C24H20N4/c1-3-11-25-21(9-1)23-19(7-5-13-27-23)17-15-18(16-17)20-8-6-14-28-24(20)22-10-2-4-12-26-22/h1-14,17-18H,15-16H2. The second-order valence-corrected chi connectivity index (χ2v) is 7.18. The van der Waals surface area contributed by atoms with E-state index in [-0.39, 0.29) is 0 Å². The summed E-state index contributed by atoms with van der Waals surface area (Å²) in [5, 5.41) is 0. The van der Waals surface area contributed by atoms with Crippen molar-refractivity contribution in [3.8, 4) is 22.8 Å². The largest absolute Gasteiger partial charge is 0.255 e. The monoisotopic (exact) mass is 364 g/mol. The normalized spacial score (nSPS) is 18.4. The quantitative estimate of drug-likeness (QED) is 0.495. The molecule has 0 aromatic carbocycles. The van der Waals surface area contributed by atoms with Crippen molar-refractivity contribution in [3.05, 3.63) is 96.6 Å². The van der Waals surface area contributed by atoms with Crippen molar-refractivity contribution < 1.29 is 0 Å². The topological polar surface area (TPSA) is 51.6 Å². The zero-order valence-corrected chi connectivity index (χ0v) is 15.4. The minimum atomic E-state index is 0.493. The van der Waals surface area contributed by atoms with Gasteiger partial charge in [-0.15, -0.1) is 0 Å². The summed E-state index contributed by atoms with van der Waals surface area (Å²) < 4.78 is 0. The molecule has 0 N–H and O–H groups in total. The average molecular weight is 364 g/mol. The molecule has 1 fully saturated rings. The van der Waals surface area contributed by atoms with Crippen molar-refractivity contribution in [3.63, 3.8) is 0 Å². The van der Waals surface area contributed by atoms with Gasteiger partial charge in [-0.25, -0.2) is 0 Å². The predicted octanol–water partition coefficient (Wildman–Crippen LogP) is 5.26. The molecule has 4 nitrogen and oxygen atoms in total. The number of hydrogen-bond acceptors (Lipinski definition) is 4. The van der Waals surface area contributed by atoms with Crippen LogP contribution >= 0.6 is 0 Å². The van der Waals surface area contributed by atoms with Crippen molar-refractivity contribution in [2.75, 3.05) is 0 Å². The van der Waals surface area contributed by atoms with Gasteiger partial charge in [0.15, 0.2) is 0 Å². The molecule has 0 spiro atoms.